The third-order valence-electron chi connectivity index (χ3n) is 3.50. The number of likely N-dealkylation sites (tertiary alicyclic amines) is 1. The summed E-state index contributed by atoms with van der Waals surface area (Å²) in [5.74, 6) is 0.935. The molecule has 0 aromatic carbocycles. The predicted molar refractivity (Wildman–Crippen MR) is 67.2 cm³/mol. The van der Waals surface area contributed by atoms with Gasteiger partial charge < -0.3 is 9.80 Å². The lowest BCUT2D eigenvalue weighted by Gasteiger charge is -2.28. The highest BCUT2D eigenvalue weighted by Crippen LogP contribution is 2.17. The molecule has 0 radical (unpaired) electrons. The van der Waals surface area contributed by atoms with E-state index in [1.54, 1.807) is 0 Å². The van der Waals surface area contributed by atoms with Crippen LogP contribution in [-0.2, 0) is 0 Å². The van der Waals surface area contributed by atoms with E-state index in [1.165, 1.54) is 58.3 Å². The molecule has 0 amide bonds. The minimum Gasteiger partial charge on any atom is -0.306 e. The Bertz CT molecular complexity index is 159. The Hall–Kier alpha value is -0.0800. The zero-order valence-electron chi connectivity index (χ0n) is 10.8. The van der Waals surface area contributed by atoms with Crippen molar-refractivity contribution in [1.82, 2.24) is 9.80 Å². The second-order valence-electron chi connectivity index (χ2n) is 5.22. The molecule has 1 aliphatic rings. The van der Waals surface area contributed by atoms with E-state index in [1.807, 2.05) is 0 Å². The van der Waals surface area contributed by atoms with E-state index < -0.39 is 0 Å². The second-order valence-corrected chi connectivity index (χ2v) is 5.22. The molecule has 0 aliphatic carbocycles. The highest BCUT2D eigenvalue weighted by atomic mass is 15.1. The summed E-state index contributed by atoms with van der Waals surface area (Å²) in [5, 5.41) is 0. The lowest BCUT2D eigenvalue weighted by atomic mass is 9.95. The van der Waals surface area contributed by atoms with Gasteiger partial charge in [0.25, 0.3) is 0 Å². The second kappa shape index (κ2) is 7.24. The van der Waals surface area contributed by atoms with E-state index in [4.69, 9.17) is 0 Å². The Balaban J connectivity index is 2.26. The molecule has 90 valence electrons. The van der Waals surface area contributed by atoms with Crippen LogP contribution in [0, 0.1) is 5.92 Å². The summed E-state index contributed by atoms with van der Waals surface area (Å²) < 4.78 is 0. The molecule has 0 spiro atoms. The van der Waals surface area contributed by atoms with E-state index in [0.717, 1.165) is 5.92 Å². The van der Waals surface area contributed by atoms with Gasteiger partial charge in [-0.1, -0.05) is 13.3 Å². The highest BCUT2D eigenvalue weighted by Gasteiger charge is 2.14. The average Bonchev–Trinajstić information content (AvgIpc) is 2.17. The van der Waals surface area contributed by atoms with Gasteiger partial charge in [0.2, 0.25) is 0 Å². The predicted octanol–water partition coefficient (Wildman–Crippen LogP) is 2.45. The molecular formula is C13H28N2. The maximum Gasteiger partial charge on any atom is 0.000708 e. The molecule has 2 heteroatoms. The van der Waals surface area contributed by atoms with Crippen molar-refractivity contribution in [3.63, 3.8) is 0 Å². The molecule has 1 saturated heterocycles. The molecule has 0 N–H and O–H groups in total. The van der Waals surface area contributed by atoms with Crippen LogP contribution >= 0.6 is 0 Å². The van der Waals surface area contributed by atoms with Crippen molar-refractivity contribution in [2.75, 3.05) is 40.3 Å². The van der Waals surface area contributed by atoms with Gasteiger partial charge in [-0.2, -0.15) is 0 Å². The molecule has 1 fully saturated rings. The fraction of sp³-hybridized carbons (Fsp3) is 1.00. The van der Waals surface area contributed by atoms with Crippen LogP contribution in [0.5, 0.6) is 0 Å². The summed E-state index contributed by atoms with van der Waals surface area (Å²) in [6.45, 7) is 7.43. The van der Waals surface area contributed by atoms with Crippen molar-refractivity contribution in [2.45, 2.75) is 39.0 Å². The lowest BCUT2D eigenvalue weighted by Crippen LogP contribution is -2.31. The van der Waals surface area contributed by atoms with Crippen molar-refractivity contribution >= 4 is 0 Å². The Kier molecular flexibility index (Phi) is 6.26. The first kappa shape index (κ1) is 13.0. The molecule has 0 aromatic rings. The monoisotopic (exact) mass is 212 g/mol. The Morgan fingerprint density at radius 3 is 2.73 bits per heavy atom. The van der Waals surface area contributed by atoms with E-state index in [2.05, 4.69) is 30.8 Å². The van der Waals surface area contributed by atoms with Crippen LogP contribution < -0.4 is 0 Å². The topological polar surface area (TPSA) is 6.48 Å². The fourth-order valence-corrected chi connectivity index (χ4v) is 2.57. The standard InChI is InChI=1S/C13H28N2/c1-4-9-15(3)12-13-7-5-6-10-14(2)11-8-13/h13H,4-12H2,1-3H3. The molecule has 2 nitrogen and oxygen atoms in total. The normalized spacial score (nSPS) is 25.2. The van der Waals surface area contributed by atoms with Crippen LogP contribution in [-0.4, -0.2) is 50.1 Å². The van der Waals surface area contributed by atoms with Crippen LogP contribution in [0.2, 0.25) is 0 Å². The van der Waals surface area contributed by atoms with Crippen molar-refractivity contribution in [1.29, 1.82) is 0 Å². The van der Waals surface area contributed by atoms with Crippen molar-refractivity contribution in [3.05, 3.63) is 0 Å². The molecule has 1 atom stereocenters. The van der Waals surface area contributed by atoms with Gasteiger partial charge in [0.1, 0.15) is 0 Å². The highest BCUT2D eigenvalue weighted by molar-refractivity contribution is 4.69. The maximum absolute atomic E-state index is 2.51. The average molecular weight is 212 g/mol. The van der Waals surface area contributed by atoms with E-state index >= 15 is 0 Å². The molecule has 15 heavy (non-hydrogen) atoms. The number of hydrogen-bond acceptors (Lipinski definition) is 2. The summed E-state index contributed by atoms with van der Waals surface area (Å²) >= 11 is 0. The third-order valence-corrected chi connectivity index (χ3v) is 3.50. The fourth-order valence-electron chi connectivity index (χ4n) is 2.57. The quantitative estimate of drug-likeness (QED) is 0.706. The third kappa shape index (κ3) is 5.53. The molecule has 1 heterocycles. The minimum atomic E-state index is 0.935. The number of nitrogens with zero attached hydrogens (tertiary/aromatic N) is 2. The van der Waals surface area contributed by atoms with Crippen LogP contribution in [0.4, 0.5) is 0 Å². The molecule has 0 bridgehead atoms. The van der Waals surface area contributed by atoms with E-state index in [-0.39, 0.29) is 0 Å². The summed E-state index contributed by atoms with van der Waals surface area (Å²) in [6, 6.07) is 0. The van der Waals surface area contributed by atoms with Gasteiger partial charge in [-0.3, -0.25) is 0 Å². The first-order valence-electron chi connectivity index (χ1n) is 6.59. The van der Waals surface area contributed by atoms with E-state index in [0.29, 0.717) is 0 Å². The van der Waals surface area contributed by atoms with E-state index in [9.17, 15) is 0 Å². The summed E-state index contributed by atoms with van der Waals surface area (Å²) in [5.41, 5.74) is 0. The molecule has 1 unspecified atom stereocenters. The summed E-state index contributed by atoms with van der Waals surface area (Å²) in [4.78, 5) is 5.00. The SMILES string of the molecule is CCCN(C)CC1CCCCN(C)CC1. The Morgan fingerprint density at radius 1 is 1.20 bits per heavy atom. The van der Waals surface area contributed by atoms with Crippen molar-refractivity contribution < 1.29 is 0 Å². The maximum atomic E-state index is 2.51. The molecule has 1 aliphatic heterocycles. The van der Waals surface area contributed by atoms with Gasteiger partial charge in [0, 0.05) is 6.54 Å². The Labute approximate surface area is 95.6 Å². The molecule has 1 rings (SSSR count). The Morgan fingerprint density at radius 2 is 2.00 bits per heavy atom. The number of rotatable bonds is 4. The summed E-state index contributed by atoms with van der Waals surface area (Å²) in [6.07, 6.45) is 6.94. The van der Waals surface area contributed by atoms with Gasteiger partial charge in [0.15, 0.2) is 0 Å². The smallest absolute Gasteiger partial charge is 0.000708 e. The summed E-state index contributed by atoms with van der Waals surface area (Å²) in [7, 11) is 4.53. The van der Waals surface area contributed by atoms with Gasteiger partial charge in [-0.25, -0.2) is 0 Å². The van der Waals surface area contributed by atoms with Crippen LogP contribution in [0.25, 0.3) is 0 Å². The van der Waals surface area contributed by atoms with Gasteiger partial charge in [-0.05, 0) is 65.3 Å². The van der Waals surface area contributed by atoms with Crippen LogP contribution in [0.3, 0.4) is 0 Å². The minimum absolute atomic E-state index is 0.935. The van der Waals surface area contributed by atoms with Gasteiger partial charge in [0.05, 0.1) is 0 Å². The molecule has 0 aromatic heterocycles. The van der Waals surface area contributed by atoms with Crippen molar-refractivity contribution in [2.24, 2.45) is 5.92 Å². The largest absolute Gasteiger partial charge is 0.306 e. The first-order chi connectivity index (χ1) is 7.22. The first-order valence-corrected chi connectivity index (χ1v) is 6.59. The van der Waals surface area contributed by atoms with Gasteiger partial charge >= 0.3 is 0 Å². The van der Waals surface area contributed by atoms with Crippen molar-refractivity contribution in [3.8, 4) is 0 Å². The molecule has 0 saturated carbocycles. The number of hydrogen-bond donors (Lipinski definition) is 0. The zero-order valence-corrected chi connectivity index (χ0v) is 10.8. The van der Waals surface area contributed by atoms with Crippen LogP contribution in [0.1, 0.15) is 39.0 Å². The lowest BCUT2D eigenvalue weighted by molar-refractivity contribution is 0.208. The van der Waals surface area contributed by atoms with Crippen LogP contribution in [0.15, 0.2) is 0 Å². The van der Waals surface area contributed by atoms with Gasteiger partial charge in [-0.15, -0.1) is 0 Å². The zero-order chi connectivity index (χ0) is 11.1. The molecular weight excluding hydrogens is 184 g/mol.